The Morgan fingerprint density at radius 1 is 1.06 bits per heavy atom. The number of fused-ring (bicyclic) bond motifs is 1. The second-order valence-electron chi connectivity index (χ2n) is 4.35. The summed E-state index contributed by atoms with van der Waals surface area (Å²) in [6.45, 7) is 6.67. The molecule has 0 unspecified atom stereocenters. The van der Waals surface area contributed by atoms with Gasteiger partial charge in [-0.25, -0.2) is 0 Å². The molecule has 0 aliphatic heterocycles. The summed E-state index contributed by atoms with van der Waals surface area (Å²) in [4.78, 5) is 0. The molecule has 0 saturated heterocycles. The van der Waals surface area contributed by atoms with Gasteiger partial charge in [-0.15, -0.1) is 34.0 Å². The third-order valence-electron chi connectivity index (χ3n) is 3.11. The van der Waals surface area contributed by atoms with Crippen LogP contribution in [0.4, 0.5) is 0 Å². The van der Waals surface area contributed by atoms with Crippen molar-refractivity contribution in [1.29, 1.82) is 0 Å². The zero-order valence-electron chi connectivity index (χ0n) is 11.2. The van der Waals surface area contributed by atoms with Crippen LogP contribution in [0.15, 0.2) is 24.3 Å². The molecule has 0 aliphatic rings. The van der Waals surface area contributed by atoms with Crippen LogP contribution in [0, 0.1) is 6.92 Å². The molecule has 0 aromatic heterocycles. The van der Waals surface area contributed by atoms with Gasteiger partial charge >= 0.3 is 26.2 Å². The molecule has 0 spiro atoms. The van der Waals surface area contributed by atoms with Crippen molar-refractivity contribution < 1.29 is 60.2 Å². The van der Waals surface area contributed by atoms with Crippen molar-refractivity contribution in [2.75, 3.05) is 0 Å². The standard InChI is InChI=1S/C15H19.2BrH.Zr/c1-4-6-13-8-7-12(5-2)14-9-11(3)10-15(13)14;;;/h7-10H,4-6H2,1-3H3;2*1H;/q-1;;;+3/p-2. The minimum atomic E-state index is 0. The normalized spacial score (nSPS) is 9.28. The van der Waals surface area contributed by atoms with E-state index in [0.717, 1.165) is 6.42 Å². The molecule has 1 radical (unpaired) electrons. The Bertz CT molecular complexity index is 475. The van der Waals surface area contributed by atoms with Crippen LogP contribution in [0.2, 0.25) is 0 Å². The number of rotatable bonds is 3. The van der Waals surface area contributed by atoms with Gasteiger partial charge in [0.05, 0.1) is 0 Å². The summed E-state index contributed by atoms with van der Waals surface area (Å²) in [6, 6.07) is 9.27. The van der Waals surface area contributed by atoms with Gasteiger partial charge in [-0.1, -0.05) is 45.2 Å². The maximum absolute atomic E-state index is 2.33. The average Bonchev–Trinajstić information content (AvgIpc) is 2.61. The van der Waals surface area contributed by atoms with Crippen LogP contribution < -0.4 is 34.0 Å². The molecule has 2 aromatic rings. The quantitative estimate of drug-likeness (QED) is 0.494. The molecule has 0 saturated carbocycles. The van der Waals surface area contributed by atoms with Crippen molar-refractivity contribution in [3.63, 3.8) is 0 Å². The number of hydrogen-bond acceptors (Lipinski definition) is 0. The molecule has 0 heterocycles. The van der Waals surface area contributed by atoms with Gasteiger partial charge in [0.1, 0.15) is 0 Å². The molecule has 18 heavy (non-hydrogen) atoms. The number of benzene rings is 1. The smallest absolute Gasteiger partial charge is 1.00 e. The monoisotopic (exact) mass is 447 g/mol. The predicted molar refractivity (Wildman–Crippen MR) is 67.7 cm³/mol. The summed E-state index contributed by atoms with van der Waals surface area (Å²) < 4.78 is 0. The van der Waals surface area contributed by atoms with Crippen LogP contribution in [0.5, 0.6) is 0 Å². The van der Waals surface area contributed by atoms with Gasteiger partial charge in [-0.05, 0) is 6.42 Å². The summed E-state index contributed by atoms with van der Waals surface area (Å²) in [7, 11) is 0. The van der Waals surface area contributed by atoms with Crippen LogP contribution in [0.25, 0.3) is 10.8 Å². The first kappa shape index (κ1) is 21.0. The molecule has 0 atom stereocenters. The maximum Gasteiger partial charge on any atom is 3.00 e. The second kappa shape index (κ2) is 9.56. The van der Waals surface area contributed by atoms with E-state index in [1.54, 1.807) is 0 Å². The fraction of sp³-hybridized carbons (Fsp3) is 0.400. The largest absolute Gasteiger partial charge is 3.00 e. The van der Waals surface area contributed by atoms with Gasteiger partial charge in [0.2, 0.25) is 0 Å². The van der Waals surface area contributed by atoms with Gasteiger partial charge < -0.3 is 34.0 Å². The Kier molecular flexibility index (Phi) is 11.1. The molecule has 0 amide bonds. The number of halogens is 2. The van der Waals surface area contributed by atoms with Gasteiger partial charge in [-0.2, -0.15) is 6.07 Å². The Balaban J connectivity index is 0. The van der Waals surface area contributed by atoms with E-state index in [9.17, 15) is 0 Å². The first-order valence-corrected chi connectivity index (χ1v) is 5.94. The van der Waals surface area contributed by atoms with Crippen molar-refractivity contribution in [3.8, 4) is 0 Å². The molecular formula is C15H19Br2Zr. The molecule has 2 aromatic carbocycles. The SMILES string of the molecule is CCCc1ccc(CC)c2[cH-]c(C)cc12.[Br-].[Br-].[Zr+3]. The Hall–Kier alpha value is 0.673. The first-order chi connectivity index (χ1) is 7.26. The summed E-state index contributed by atoms with van der Waals surface area (Å²) in [5.74, 6) is 0. The van der Waals surface area contributed by atoms with Gasteiger partial charge in [0, 0.05) is 0 Å². The van der Waals surface area contributed by atoms with E-state index in [1.807, 2.05) is 0 Å². The molecule has 97 valence electrons. The van der Waals surface area contributed by atoms with Crippen LogP contribution in [-0.4, -0.2) is 0 Å². The van der Waals surface area contributed by atoms with Crippen molar-refractivity contribution in [3.05, 3.63) is 41.0 Å². The average molecular weight is 450 g/mol. The minimum absolute atomic E-state index is 0. The van der Waals surface area contributed by atoms with E-state index in [0.29, 0.717) is 0 Å². The molecule has 2 rings (SSSR count). The van der Waals surface area contributed by atoms with Crippen molar-refractivity contribution in [2.24, 2.45) is 0 Å². The van der Waals surface area contributed by atoms with E-state index in [2.05, 4.69) is 45.0 Å². The number of hydrogen-bond donors (Lipinski definition) is 0. The number of aryl methyl sites for hydroxylation is 3. The Morgan fingerprint density at radius 3 is 2.22 bits per heavy atom. The zero-order chi connectivity index (χ0) is 10.8. The zero-order valence-corrected chi connectivity index (χ0v) is 16.8. The van der Waals surface area contributed by atoms with Crippen molar-refractivity contribution in [2.45, 2.75) is 40.0 Å². The van der Waals surface area contributed by atoms with Gasteiger partial charge in [0.15, 0.2) is 0 Å². The Morgan fingerprint density at radius 2 is 1.67 bits per heavy atom. The summed E-state index contributed by atoms with van der Waals surface area (Å²) in [5.41, 5.74) is 4.39. The van der Waals surface area contributed by atoms with Crippen LogP contribution in [0.3, 0.4) is 0 Å². The fourth-order valence-corrected chi connectivity index (χ4v) is 2.36. The van der Waals surface area contributed by atoms with Gasteiger partial charge in [-0.3, -0.25) is 0 Å². The van der Waals surface area contributed by atoms with Crippen LogP contribution in [0.1, 0.15) is 37.0 Å². The third-order valence-corrected chi connectivity index (χ3v) is 3.11. The maximum atomic E-state index is 2.33. The molecule has 0 N–H and O–H groups in total. The summed E-state index contributed by atoms with van der Waals surface area (Å²) >= 11 is 0. The van der Waals surface area contributed by atoms with E-state index >= 15 is 0 Å². The van der Waals surface area contributed by atoms with Crippen LogP contribution >= 0.6 is 0 Å². The molecular weight excluding hydrogens is 431 g/mol. The van der Waals surface area contributed by atoms with Gasteiger partial charge in [0.25, 0.3) is 0 Å². The van der Waals surface area contributed by atoms with E-state index in [-0.39, 0.29) is 60.2 Å². The fourth-order valence-electron chi connectivity index (χ4n) is 2.36. The third kappa shape index (κ3) is 4.35. The predicted octanol–water partition coefficient (Wildman–Crippen LogP) is -1.61. The van der Waals surface area contributed by atoms with E-state index < -0.39 is 0 Å². The molecule has 0 fully saturated rings. The van der Waals surface area contributed by atoms with E-state index in [4.69, 9.17) is 0 Å². The van der Waals surface area contributed by atoms with E-state index in [1.165, 1.54) is 40.3 Å². The topological polar surface area (TPSA) is 0 Å². The second-order valence-corrected chi connectivity index (χ2v) is 4.35. The molecule has 3 heteroatoms. The van der Waals surface area contributed by atoms with Crippen molar-refractivity contribution >= 4 is 10.8 Å². The summed E-state index contributed by atoms with van der Waals surface area (Å²) in [6.07, 6.45) is 3.56. The molecule has 0 nitrogen and oxygen atoms in total. The molecule has 0 aliphatic carbocycles. The minimum Gasteiger partial charge on any atom is -1.00 e. The summed E-state index contributed by atoms with van der Waals surface area (Å²) in [5, 5.41) is 2.95. The van der Waals surface area contributed by atoms with Crippen LogP contribution in [-0.2, 0) is 39.0 Å². The first-order valence-electron chi connectivity index (χ1n) is 5.94. The molecule has 0 bridgehead atoms. The Labute approximate surface area is 151 Å². The van der Waals surface area contributed by atoms with Crippen molar-refractivity contribution in [1.82, 2.24) is 0 Å².